The zero-order valence-corrected chi connectivity index (χ0v) is 40.2. The largest absolute Gasteiger partial charge is 0.416 e. The molecule has 11 heteroatoms. The van der Waals surface area contributed by atoms with Crippen LogP contribution in [0.5, 0.6) is 0 Å². The number of halogens is 6. The topological polar surface area (TPSA) is 67.4 Å². The van der Waals surface area contributed by atoms with Gasteiger partial charge in [0.25, 0.3) is 0 Å². The van der Waals surface area contributed by atoms with Crippen LogP contribution in [0, 0.1) is 30.1 Å². The van der Waals surface area contributed by atoms with Crippen molar-refractivity contribution in [3.8, 4) is 56.8 Å². The number of allylic oxidation sites excluding steroid dienone is 1. The van der Waals surface area contributed by atoms with Crippen LogP contribution in [0.15, 0.2) is 201 Å². The number of fused-ring (bicyclic) bond motifs is 3. The number of nitriles is 1. The summed E-state index contributed by atoms with van der Waals surface area (Å²) in [6, 6.07) is 57.6. The Balaban J connectivity index is 1.19. The van der Waals surface area contributed by atoms with Crippen LogP contribution in [-0.4, -0.2) is 19.5 Å². The lowest BCUT2D eigenvalue weighted by atomic mass is 9.77. The van der Waals surface area contributed by atoms with Crippen molar-refractivity contribution in [3.05, 3.63) is 240 Å². The average Bonchev–Trinajstić information content (AvgIpc) is 3.75. The minimum Gasteiger partial charge on any atom is -0.309 e. The molecular formula is C63H47F6N5. The number of hydrogen-bond donors (Lipinski definition) is 0. The van der Waals surface area contributed by atoms with Gasteiger partial charge in [0.15, 0.2) is 11.6 Å². The maximum absolute atomic E-state index is 14.4. The molecule has 74 heavy (non-hydrogen) atoms. The number of alkyl halides is 6. The molecule has 10 aromatic rings. The molecule has 5 nitrogen and oxygen atoms in total. The van der Waals surface area contributed by atoms with Crippen LogP contribution in [-0.2, 0) is 31.6 Å². The standard InChI is InChI=1S/C63H47F6N5/c1-3-14-45(36-59-71-60(43-15-6-4-7-16-43)73-61(72-59)44-17-8-5-9-18-44)48(34-47-19-10-11-20-52(47)54-37-50(62(64,65)66)29-23-40(54)2)35-49-33-46(42-26-24-41(39-70)25-27-42)28-31-56(49)74-57-22-13-12-21-53(57)55-38-51(63(67,68)69)30-32-58(55)74/h3-13,15-33,37-38,45,48H,1,14,34-36H2,2H3/t45-,48?/m0/s1. The molecule has 2 aromatic heterocycles. The van der Waals surface area contributed by atoms with Gasteiger partial charge >= 0.3 is 12.4 Å². The molecule has 0 saturated carbocycles. The van der Waals surface area contributed by atoms with Crippen molar-refractivity contribution >= 4 is 21.8 Å². The minimum atomic E-state index is -4.57. The summed E-state index contributed by atoms with van der Waals surface area (Å²) in [5.41, 5.74) is 7.91. The van der Waals surface area contributed by atoms with Gasteiger partial charge in [-0.25, -0.2) is 15.0 Å². The number of rotatable bonds is 14. The van der Waals surface area contributed by atoms with Crippen molar-refractivity contribution in [3.63, 3.8) is 0 Å². The van der Waals surface area contributed by atoms with Crippen LogP contribution in [0.2, 0.25) is 0 Å². The monoisotopic (exact) mass is 987 g/mol. The first-order valence-corrected chi connectivity index (χ1v) is 24.2. The van der Waals surface area contributed by atoms with E-state index in [1.165, 1.54) is 24.3 Å². The molecule has 0 aliphatic carbocycles. The fourth-order valence-electron chi connectivity index (χ4n) is 10.1. The van der Waals surface area contributed by atoms with Crippen molar-refractivity contribution in [1.82, 2.24) is 19.5 Å². The van der Waals surface area contributed by atoms with E-state index < -0.39 is 23.5 Å². The molecule has 2 atom stereocenters. The van der Waals surface area contributed by atoms with E-state index in [1.54, 1.807) is 12.1 Å². The Morgan fingerprint density at radius 2 is 1.11 bits per heavy atom. The van der Waals surface area contributed by atoms with Gasteiger partial charge in [-0.2, -0.15) is 31.6 Å². The summed E-state index contributed by atoms with van der Waals surface area (Å²) in [5, 5.41) is 10.8. The summed E-state index contributed by atoms with van der Waals surface area (Å²) in [4.78, 5) is 15.1. The van der Waals surface area contributed by atoms with Crippen LogP contribution >= 0.6 is 0 Å². The van der Waals surface area contributed by atoms with E-state index in [0.717, 1.165) is 51.2 Å². The second kappa shape index (κ2) is 20.5. The van der Waals surface area contributed by atoms with E-state index in [9.17, 15) is 31.6 Å². The van der Waals surface area contributed by atoms with Crippen LogP contribution in [0.25, 0.3) is 72.5 Å². The molecule has 0 spiro atoms. The number of hydrogen-bond acceptors (Lipinski definition) is 4. The lowest BCUT2D eigenvalue weighted by Gasteiger charge is -2.29. The molecule has 8 aromatic carbocycles. The molecule has 0 radical (unpaired) electrons. The summed E-state index contributed by atoms with van der Waals surface area (Å²) < 4.78 is 88.1. The molecular weight excluding hydrogens is 941 g/mol. The van der Waals surface area contributed by atoms with E-state index >= 15 is 0 Å². The third kappa shape index (κ3) is 10.2. The van der Waals surface area contributed by atoms with Gasteiger partial charge in [-0.3, -0.25) is 0 Å². The lowest BCUT2D eigenvalue weighted by molar-refractivity contribution is -0.138. The number of aryl methyl sites for hydroxylation is 1. The smallest absolute Gasteiger partial charge is 0.309 e. The molecule has 2 heterocycles. The molecule has 1 unspecified atom stereocenters. The van der Waals surface area contributed by atoms with Crippen LogP contribution in [0.3, 0.4) is 0 Å². The number of para-hydroxylation sites is 1. The molecule has 0 fully saturated rings. The first-order chi connectivity index (χ1) is 35.7. The Morgan fingerprint density at radius 3 is 1.77 bits per heavy atom. The highest BCUT2D eigenvalue weighted by molar-refractivity contribution is 6.09. The number of aromatic nitrogens is 4. The Kier molecular flexibility index (Phi) is 13.6. The van der Waals surface area contributed by atoms with Crippen molar-refractivity contribution in [2.24, 2.45) is 11.8 Å². The van der Waals surface area contributed by atoms with Crippen molar-refractivity contribution in [2.75, 3.05) is 0 Å². The van der Waals surface area contributed by atoms with Crippen LogP contribution < -0.4 is 0 Å². The van der Waals surface area contributed by atoms with Gasteiger partial charge in [-0.1, -0.05) is 133 Å². The van der Waals surface area contributed by atoms with E-state index in [1.807, 2.05) is 151 Å². The Morgan fingerprint density at radius 1 is 0.527 bits per heavy atom. The highest BCUT2D eigenvalue weighted by Crippen LogP contribution is 2.42. The van der Waals surface area contributed by atoms with Crippen molar-refractivity contribution < 1.29 is 26.3 Å². The normalized spacial score (nSPS) is 12.7. The fraction of sp³-hybridized carbons (Fsp3) is 0.143. The minimum absolute atomic E-state index is 0.225. The molecule has 0 N–H and O–H groups in total. The van der Waals surface area contributed by atoms with Gasteiger partial charge < -0.3 is 4.57 Å². The Hall–Kier alpha value is -8.62. The van der Waals surface area contributed by atoms with Gasteiger partial charge in [0, 0.05) is 34.0 Å². The second-order valence-electron chi connectivity index (χ2n) is 18.6. The van der Waals surface area contributed by atoms with Gasteiger partial charge in [0.2, 0.25) is 0 Å². The summed E-state index contributed by atoms with van der Waals surface area (Å²) >= 11 is 0. The van der Waals surface area contributed by atoms with E-state index in [0.29, 0.717) is 87.2 Å². The highest BCUT2D eigenvalue weighted by atomic mass is 19.4. The van der Waals surface area contributed by atoms with Gasteiger partial charge in [0.05, 0.1) is 33.8 Å². The first-order valence-electron chi connectivity index (χ1n) is 24.2. The van der Waals surface area contributed by atoms with Crippen LogP contribution in [0.4, 0.5) is 26.3 Å². The third-order valence-electron chi connectivity index (χ3n) is 13.8. The summed E-state index contributed by atoms with van der Waals surface area (Å²) in [6.45, 7) is 6.04. The highest BCUT2D eigenvalue weighted by Gasteiger charge is 2.33. The third-order valence-corrected chi connectivity index (χ3v) is 13.8. The summed E-state index contributed by atoms with van der Waals surface area (Å²) in [6.07, 6.45) is -5.60. The van der Waals surface area contributed by atoms with Gasteiger partial charge in [0.1, 0.15) is 5.82 Å². The first kappa shape index (κ1) is 49.0. The number of benzene rings is 8. The lowest BCUT2D eigenvalue weighted by Crippen LogP contribution is -2.24. The van der Waals surface area contributed by atoms with E-state index in [4.69, 9.17) is 15.0 Å². The second-order valence-corrected chi connectivity index (χ2v) is 18.6. The Bertz CT molecular complexity index is 3650. The molecule has 0 aliphatic heterocycles. The van der Waals surface area contributed by atoms with E-state index in [2.05, 4.69) is 18.7 Å². The average molecular weight is 988 g/mol. The molecule has 0 amide bonds. The zero-order chi connectivity index (χ0) is 51.6. The van der Waals surface area contributed by atoms with E-state index in [-0.39, 0.29) is 11.8 Å². The summed E-state index contributed by atoms with van der Waals surface area (Å²) in [5.74, 6) is 1.05. The van der Waals surface area contributed by atoms with Crippen molar-refractivity contribution in [1.29, 1.82) is 5.26 Å². The molecule has 10 rings (SSSR count). The fourth-order valence-corrected chi connectivity index (χ4v) is 10.1. The zero-order valence-electron chi connectivity index (χ0n) is 40.2. The maximum atomic E-state index is 14.4. The molecule has 0 saturated heterocycles. The van der Waals surface area contributed by atoms with Gasteiger partial charge in [-0.05, 0) is 138 Å². The number of nitrogens with zero attached hydrogens (tertiary/aromatic N) is 5. The molecule has 0 bridgehead atoms. The van der Waals surface area contributed by atoms with Crippen molar-refractivity contribution in [2.45, 2.75) is 45.0 Å². The predicted molar refractivity (Wildman–Crippen MR) is 281 cm³/mol. The maximum Gasteiger partial charge on any atom is 0.416 e. The van der Waals surface area contributed by atoms with Gasteiger partial charge in [-0.15, -0.1) is 6.58 Å². The predicted octanol–water partition coefficient (Wildman–Crippen LogP) is 16.7. The quantitative estimate of drug-likeness (QED) is 0.0804. The summed E-state index contributed by atoms with van der Waals surface area (Å²) in [7, 11) is 0. The molecule has 366 valence electrons. The SMILES string of the molecule is C=CC[C@@H](Cc1nc(-c2ccccc2)nc(-c2ccccc2)n1)C(Cc1ccccc1-c1cc(C(F)(F)F)ccc1C)Cc1cc(-c2ccc(C#N)cc2)ccc1-n1c2ccccc2c2cc(C(F)(F)F)ccc21. The Labute approximate surface area is 424 Å². The molecule has 0 aliphatic rings. The van der Waals surface area contributed by atoms with Crippen LogP contribution in [0.1, 0.15) is 45.6 Å².